The number of nitrogens with zero attached hydrogens (tertiary/aromatic N) is 1. The van der Waals surface area contributed by atoms with Gasteiger partial charge >= 0.3 is 0 Å². The minimum absolute atomic E-state index is 0.766. The Hall–Kier alpha value is -2.03. The van der Waals surface area contributed by atoms with E-state index < -0.39 is 0 Å². The number of benzene rings is 1. The van der Waals surface area contributed by atoms with Crippen molar-refractivity contribution in [1.82, 2.24) is 4.98 Å². The van der Waals surface area contributed by atoms with E-state index in [4.69, 9.17) is 5.73 Å². The van der Waals surface area contributed by atoms with E-state index in [0.29, 0.717) is 0 Å². The molecule has 0 saturated carbocycles. The van der Waals surface area contributed by atoms with Crippen molar-refractivity contribution in [3.05, 3.63) is 53.3 Å². The van der Waals surface area contributed by atoms with Crippen LogP contribution in [0.25, 0.3) is 0 Å². The van der Waals surface area contributed by atoms with Crippen LogP contribution in [0, 0.1) is 13.8 Å². The molecule has 0 aliphatic rings. The van der Waals surface area contributed by atoms with Crippen molar-refractivity contribution in [1.29, 1.82) is 0 Å². The van der Waals surface area contributed by atoms with Gasteiger partial charge in [-0.3, -0.25) is 4.98 Å². The SMILES string of the molecule is Cc1ccc(N)c(NCc2ccncc2C)c1. The van der Waals surface area contributed by atoms with Crippen LogP contribution >= 0.6 is 0 Å². The highest BCUT2D eigenvalue weighted by Crippen LogP contribution is 2.20. The molecule has 1 aromatic heterocycles. The molecule has 0 saturated heterocycles. The first kappa shape index (κ1) is 11.5. The quantitative estimate of drug-likeness (QED) is 0.793. The Morgan fingerprint density at radius 3 is 2.82 bits per heavy atom. The number of nitrogens with two attached hydrogens (primary N) is 1. The highest BCUT2D eigenvalue weighted by atomic mass is 14.9. The maximum absolute atomic E-state index is 5.92. The summed E-state index contributed by atoms with van der Waals surface area (Å²) in [6.07, 6.45) is 3.68. The van der Waals surface area contributed by atoms with Crippen LogP contribution in [0.2, 0.25) is 0 Å². The summed E-state index contributed by atoms with van der Waals surface area (Å²) in [6.45, 7) is 4.88. The molecule has 0 bridgehead atoms. The molecule has 1 aromatic carbocycles. The number of nitrogen functional groups attached to an aromatic ring is 1. The molecule has 3 N–H and O–H groups in total. The van der Waals surface area contributed by atoms with Crippen LogP contribution in [-0.4, -0.2) is 4.98 Å². The Balaban J connectivity index is 2.12. The van der Waals surface area contributed by atoms with Gasteiger partial charge in [0.25, 0.3) is 0 Å². The molecule has 17 heavy (non-hydrogen) atoms. The molecular formula is C14H17N3. The predicted octanol–water partition coefficient (Wildman–Crippen LogP) is 2.89. The van der Waals surface area contributed by atoms with Gasteiger partial charge in [0.15, 0.2) is 0 Å². The number of rotatable bonds is 3. The minimum atomic E-state index is 0.766. The fraction of sp³-hybridized carbons (Fsp3) is 0.214. The Morgan fingerprint density at radius 1 is 1.24 bits per heavy atom. The topological polar surface area (TPSA) is 50.9 Å². The van der Waals surface area contributed by atoms with E-state index in [9.17, 15) is 0 Å². The lowest BCUT2D eigenvalue weighted by Crippen LogP contribution is -2.04. The van der Waals surface area contributed by atoms with Gasteiger partial charge in [-0.05, 0) is 48.7 Å². The second-order valence-corrected chi connectivity index (χ2v) is 4.25. The average molecular weight is 227 g/mol. The Labute approximate surface area is 102 Å². The smallest absolute Gasteiger partial charge is 0.0579 e. The predicted molar refractivity (Wildman–Crippen MR) is 71.9 cm³/mol. The van der Waals surface area contributed by atoms with Crippen LogP contribution in [0.4, 0.5) is 11.4 Å². The van der Waals surface area contributed by atoms with Crippen LogP contribution in [0.3, 0.4) is 0 Å². The number of hydrogen-bond donors (Lipinski definition) is 2. The highest BCUT2D eigenvalue weighted by Gasteiger charge is 2.01. The van der Waals surface area contributed by atoms with Crippen LogP contribution in [0.15, 0.2) is 36.7 Å². The van der Waals surface area contributed by atoms with E-state index in [-0.39, 0.29) is 0 Å². The molecule has 2 rings (SSSR count). The van der Waals surface area contributed by atoms with Gasteiger partial charge in [0.1, 0.15) is 0 Å². The molecule has 0 spiro atoms. The van der Waals surface area contributed by atoms with E-state index >= 15 is 0 Å². The molecule has 0 fully saturated rings. The number of hydrogen-bond acceptors (Lipinski definition) is 3. The number of pyridine rings is 1. The molecule has 0 atom stereocenters. The second kappa shape index (κ2) is 4.87. The molecule has 3 heteroatoms. The summed E-state index contributed by atoms with van der Waals surface area (Å²) >= 11 is 0. The summed E-state index contributed by atoms with van der Waals surface area (Å²) < 4.78 is 0. The van der Waals surface area contributed by atoms with Gasteiger partial charge in [-0.15, -0.1) is 0 Å². The lowest BCUT2D eigenvalue weighted by atomic mass is 10.1. The molecule has 1 heterocycles. The maximum Gasteiger partial charge on any atom is 0.0579 e. The maximum atomic E-state index is 5.92. The van der Waals surface area contributed by atoms with E-state index in [1.54, 1.807) is 0 Å². The van der Waals surface area contributed by atoms with E-state index in [1.165, 1.54) is 16.7 Å². The molecule has 0 unspecified atom stereocenters. The molecule has 0 radical (unpaired) electrons. The number of nitrogens with one attached hydrogen (secondary N) is 1. The summed E-state index contributed by atoms with van der Waals surface area (Å²) in [5.41, 5.74) is 11.3. The van der Waals surface area contributed by atoms with Gasteiger partial charge in [-0.2, -0.15) is 0 Å². The first-order valence-electron chi connectivity index (χ1n) is 5.66. The lowest BCUT2D eigenvalue weighted by Gasteiger charge is -2.11. The van der Waals surface area contributed by atoms with E-state index in [0.717, 1.165) is 17.9 Å². The van der Waals surface area contributed by atoms with Crippen molar-refractivity contribution < 1.29 is 0 Å². The first-order chi connectivity index (χ1) is 8.16. The number of aromatic nitrogens is 1. The fourth-order valence-corrected chi connectivity index (χ4v) is 1.71. The number of anilines is 2. The van der Waals surface area contributed by atoms with Crippen LogP contribution < -0.4 is 11.1 Å². The van der Waals surface area contributed by atoms with Gasteiger partial charge in [0.2, 0.25) is 0 Å². The summed E-state index contributed by atoms with van der Waals surface area (Å²) in [6, 6.07) is 8.02. The molecular weight excluding hydrogens is 210 g/mol. The molecule has 0 aliphatic carbocycles. The molecule has 3 nitrogen and oxygen atoms in total. The van der Waals surface area contributed by atoms with Gasteiger partial charge in [0.05, 0.1) is 11.4 Å². The van der Waals surface area contributed by atoms with Gasteiger partial charge in [-0.25, -0.2) is 0 Å². The van der Waals surface area contributed by atoms with Crippen LogP contribution in [0.1, 0.15) is 16.7 Å². The van der Waals surface area contributed by atoms with Gasteiger partial charge in [-0.1, -0.05) is 6.07 Å². The average Bonchev–Trinajstić information content (AvgIpc) is 2.32. The van der Waals surface area contributed by atoms with Gasteiger partial charge < -0.3 is 11.1 Å². The molecule has 0 amide bonds. The summed E-state index contributed by atoms with van der Waals surface area (Å²) in [4.78, 5) is 4.08. The first-order valence-corrected chi connectivity index (χ1v) is 5.66. The molecule has 2 aromatic rings. The van der Waals surface area contributed by atoms with Crippen molar-refractivity contribution in [3.63, 3.8) is 0 Å². The third kappa shape index (κ3) is 2.75. The Bertz CT molecular complexity index is 521. The van der Waals surface area contributed by atoms with Gasteiger partial charge in [0, 0.05) is 18.9 Å². The highest BCUT2D eigenvalue weighted by molar-refractivity contribution is 5.67. The monoisotopic (exact) mass is 227 g/mol. The van der Waals surface area contributed by atoms with Crippen molar-refractivity contribution >= 4 is 11.4 Å². The van der Waals surface area contributed by atoms with Crippen molar-refractivity contribution in [2.75, 3.05) is 11.1 Å². The van der Waals surface area contributed by atoms with E-state index in [2.05, 4.69) is 30.2 Å². The van der Waals surface area contributed by atoms with Crippen LogP contribution in [0.5, 0.6) is 0 Å². The van der Waals surface area contributed by atoms with Crippen LogP contribution in [-0.2, 0) is 6.54 Å². The zero-order valence-corrected chi connectivity index (χ0v) is 10.2. The van der Waals surface area contributed by atoms with E-state index in [1.807, 2.05) is 30.6 Å². The summed E-state index contributed by atoms with van der Waals surface area (Å²) in [5, 5.41) is 3.36. The fourth-order valence-electron chi connectivity index (χ4n) is 1.71. The minimum Gasteiger partial charge on any atom is -0.397 e. The number of aryl methyl sites for hydroxylation is 2. The zero-order valence-electron chi connectivity index (χ0n) is 10.2. The van der Waals surface area contributed by atoms with Crippen molar-refractivity contribution in [2.24, 2.45) is 0 Å². The normalized spacial score (nSPS) is 10.2. The summed E-state index contributed by atoms with van der Waals surface area (Å²) in [5.74, 6) is 0. The third-order valence-corrected chi connectivity index (χ3v) is 2.81. The van der Waals surface area contributed by atoms with Crippen molar-refractivity contribution in [2.45, 2.75) is 20.4 Å². The zero-order chi connectivity index (χ0) is 12.3. The molecule has 0 aliphatic heterocycles. The standard InChI is InChI=1S/C14H17N3/c1-10-3-4-13(15)14(7-10)17-9-12-5-6-16-8-11(12)2/h3-8,17H,9,15H2,1-2H3. The second-order valence-electron chi connectivity index (χ2n) is 4.25. The summed E-state index contributed by atoms with van der Waals surface area (Å²) in [7, 11) is 0. The lowest BCUT2D eigenvalue weighted by molar-refractivity contribution is 1.09. The largest absolute Gasteiger partial charge is 0.397 e. The Morgan fingerprint density at radius 2 is 2.06 bits per heavy atom. The molecule has 88 valence electrons. The third-order valence-electron chi connectivity index (χ3n) is 2.81. The van der Waals surface area contributed by atoms with Crippen molar-refractivity contribution in [3.8, 4) is 0 Å². The Kier molecular flexibility index (Phi) is 3.28.